The fraction of sp³-hybridized carbons (Fsp3) is 0.353. The summed E-state index contributed by atoms with van der Waals surface area (Å²) in [6, 6.07) is 6.08. The molecule has 0 fully saturated rings. The number of rotatable bonds is 4. The van der Waals surface area contributed by atoms with Crippen LogP contribution in [0.1, 0.15) is 38.1 Å². The first-order valence-electron chi connectivity index (χ1n) is 7.50. The second kappa shape index (κ2) is 6.65. The molecule has 0 spiro atoms. The number of hydrogen-bond acceptors (Lipinski definition) is 3. The van der Waals surface area contributed by atoms with Crippen molar-refractivity contribution in [2.24, 2.45) is 0 Å². The van der Waals surface area contributed by atoms with Crippen molar-refractivity contribution < 1.29 is 14.7 Å². The molecule has 2 N–H and O–H groups in total. The first kappa shape index (κ1) is 18.0. The van der Waals surface area contributed by atoms with Crippen LogP contribution in [0.2, 0.25) is 5.02 Å². The summed E-state index contributed by atoms with van der Waals surface area (Å²) in [5, 5.41) is 16.4. The minimum atomic E-state index is -1.11. The van der Waals surface area contributed by atoms with Gasteiger partial charge in [-0.1, -0.05) is 29.8 Å². The summed E-state index contributed by atoms with van der Waals surface area (Å²) >= 11 is 6.24. The number of hydrogen-bond donors (Lipinski definition) is 2. The number of halogens is 1. The number of aliphatic carboxylic acids is 1. The van der Waals surface area contributed by atoms with Gasteiger partial charge in [0.15, 0.2) is 0 Å². The molecule has 1 aromatic carbocycles. The molecule has 1 amide bonds. The molecule has 0 unspecified atom stereocenters. The van der Waals surface area contributed by atoms with Crippen molar-refractivity contribution >= 4 is 23.5 Å². The van der Waals surface area contributed by atoms with E-state index >= 15 is 0 Å². The van der Waals surface area contributed by atoms with Crippen LogP contribution in [0.4, 0.5) is 0 Å². The van der Waals surface area contributed by atoms with Gasteiger partial charge in [0, 0.05) is 11.8 Å². The van der Waals surface area contributed by atoms with Crippen molar-refractivity contribution in [2.45, 2.75) is 39.3 Å². The molecule has 0 saturated heterocycles. The number of carboxylic acids is 1. The Bertz CT molecular complexity index is 778. The van der Waals surface area contributed by atoms with Gasteiger partial charge in [0.2, 0.25) is 0 Å². The quantitative estimate of drug-likeness (QED) is 0.888. The van der Waals surface area contributed by atoms with Gasteiger partial charge in [-0.2, -0.15) is 5.10 Å². The predicted molar refractivity (Wildman–Crippen MR) is 92.2 cm³/mol. The van der Waals surface area contributed by atoms with E-state index in [0.717, 1.165) is 0 Å². The van der Waals surface area contributed by atoms with Crippen LogP contribution in [0.3, 0.4) is 0 Å². The van der Waals surface area contributed by atoms with E-state index in [4.69, 9.17) is 16.7 Å². The first-order chi connectivity index (χ1) is 11.1. The molecule has 0 saturated carbocycles. The van der Waals surface area contributed by atoms with Crippen LogP contribution in [-0.4, -0.2) is 32.8 Å². The predicted octanol–water partition coefficient (Wildman–Crippen LogP) is 3.16. The molecule has 1 atom stereocenters. The summed E-state index contributed by atoms with van der Waals surface area (Å²) in [6.07, 6.45) is 1.61. The number of aromatic nitrogens is 2. The van der Waals surface area contributed by atoms with Crippen molar-refractivity contribution in [1.82, 2.24) is 15.1 Å². The first-order valence-corrected chi connectivity index (χ1v) is 7.87. The van der Waals surface area contributed by atoms with Gasteiger partial charge < -0.3 is 10.4 Å². The Balaban J connectivity index is 2.53. The van der Waals surface area contributed by atoms with Crippen LogP contribution in [0.25, 0.3) is 11.3 Å². The zero-order chi connectivity index (χ0) is 18.1. The Labute approximate surface area is 145 Å². The van der Waals surface area contributed by atoms with Crippen molar-refractivity contribution in [3.63, 3.8) is 0 Å². The third kappa shape index (κ3) is 3.76. The molecular formula is C17H20ClN3O3. The van der Waals surface area contributed by atoms with Gasteiger partial charge in [-0.05, 0) is 33.8 Å². The maximum Gasteiger partial charge on any atom is 0.325 e. The van der Waals surface area contributed by atoms with E-state index in [1.807, 2.05) is 20.8 Å². The third-order valence-corrected chi connectivity index (χ3v) is 3.82. The normalized spacial score (nSPS) is 12.7. The molecule has 2 aromatic rings. The highest BCUT2D eigenvalue weighted by Gasteiger charge is 2.25. The van der Waals surface area contributed by atoms with Crippen molar-refractivity contribution in [3.8, 4) is 11.3 Å². The molecule has 0 bridgehead atoms. The Morgan fingerprint density at radius 1 is 1.29 bits per heavy atom. The van der Waals surface area contributed by atoms with Gasteiger partial charge in [-0.15, -0.1) is 0 Å². The maximum absolute atomic E-state index is 12.5. The summed E-state index contributed by atoms with van der Waals surface area (Å²) in [6.45, 7) is 7.28. The summed E-state index contributed by atoms with van der Waals surface area (Å²) in [4.78, 5) is 23.5. The molecule has 0 radical (unpaired) electrons. The van der Waals surface area contributed by atoms with Crippen LogP contribution in [0.5, 0.6) is 0 Å². The smallest absolute Gasteiger partial charge is 0.325 e. The summed E-state index contributed by atoms with van der Waals surface area (Å²) in [7, 11) is 0. The molecule has 7 heteroatoms. The number of nitrogens with zero attached hydrogens (tertiary/aromatic N) is 2. The van der Waals surface area contributed by atoms with Gasteiger partial charge in [0.25, 0.3) is 5.91 Å². The number of amides is 1. The molecule has 1 heterocycles. The minimum Gasteiger partial charge on any atom is -0.480 e. The van der Waals surface area contributed by atoms with Crippen LogP contribution in [0, 0.1) is 0 Å². The van der Waals surface area contributed by atoms with Gasteiger partial charge in [0.1, 0.15) is 11.7 Å². The van der Waals surface area contributed by atoms with Crippen LogP contribution < -0.4 is 5.32 Å². The second-order valence-electron chi connectivity index (χ2n) is 6.52. The van der Waals surface area contributed by atoms with Crippen LogP contribution in [-0.2, 0) is 10.3 Å². The average molecular weight is 350 g/mol. The van der Waals surface area contributed by atoms with Crippen LogP contribution in [0.15, 0.2) is 30.5 Å². The fourth-order valence-corrected chi connectivity index (χ4v) is 2.30. The summed E-state index contributed by atoms with van der Waals surface area (Å²) < 4.78 is 1.67. The van der Waals surface area contributed by atoms with E-state index in [1.54, 1.807) is 35.1 Å². The highest BCUT2D eigenvalue weighted by Crippen LogP contribution is 2.30. The Kier molecular flexibility index (Phi) is 4.99. The van der Waals surface area contributed by atoms with Crippen LogP contribution >= 0.6 is 11.6 Å². The standard InChI is InChI=1S/C17H20ClN3O3/c1-10(16(23)24)19-15(22)12-9-21(17(2,3)4)20-14(12)11-7-5-6-8-13(11)18/h5-10H,1-4H3,(H,19,22)(H,23,24)/t10-/m0/s1. The maximum atomic E-state index is 12.5. The molecule has 0 aliphatic rings. The Hall–Kier alpha value is -2.34. The van der Waals surface area contributed by atoms with E-state index < -0.39 is 17.9 Å². The number of benzene rings is 1. The zero-order valence-corrected chi connectivity index (χ0v) is 14.8. The number of carboxylic acid groups (broad SMARTS) is 1. The molecular weight excluding hydrogens is 330 g/mol. The topological polar surface area (TPSA) is 84.2 Å². The molecule has 1 aromatic heterocycles. The molecule has 6 nitrogen and oxygen atoms in total. The van der Waals surface area contributed by atoms with Gasteiger partial charge in [0.05, 0.1) is 16.1 Å². The van der Waals surface area contributed by atoms with E-state index in [9.17, 15) is 9.59 Å². The average Bonchev–Trinajstić information content (AvgIpc) is 2.92. The van der Waals surface area contributed by atoms with Gasteiger partial charge >= 0.3 is 5.97 Å². The van der Waals surface area contributed by atoms with Gasteiger partial charge in [-0.3, -0.25) is 14.3 Å². The lowest BCUT2D eigenvalue weighted by Crippen LogP contribution is -2.38. The Morgan fingerprint density at radius 2 is 1.92 bits per heavy atom. The SMILES string of the molecule is C[C@H](NC(=O)c1cn(C(C)(C)C)nc1-c1ccccc1Cl)C(=O)O. The Morgan fingerprint density at radius 3 is 2.46 bits per heavy atom. The molecule has 24 heavy (non-hydrogen) atoms. The summed E-state index contributed by atoms with van der Waals surface area (Å²) in [5.41, 5.74) is 0.986. The number of carbonyl (C=O) groups is 2. The lowest BCUT2D eigenvalue weighted by molar-refractivity contribution is -0.138. The highest BCUT2D eigenvalue weighted by molar-refractivity contribution is 6.33. The van der Waals surface area contributed by atoms with Gasteiger partial charge in [-0.25, -0.2) is 0 Å². The van der Waals surface area contributed by atoms with E-state index in [-0.39, 0.29) is 11.1 Å². The van der Waals surface area contributed by atoms with E-state index in [0.29, 0.717) is 16.3 Å². The summed E-state index contributed by atoms with van der Waals surface area (Å²) in [5.74, 6) is -1.61. The highest BCUT2D eigenvalue weighted by atomic mass is 35.5. The lowest BCUT2D eigenvalue weighted by atomic mass is 10.1. The largest absolute Gasteiger partial charge is 0.480 e. The monoisotopic (exact) mass is 349 g/mol. The zero-order valence-electron chi connectivity index (χ0n) is 14.0. The molecule has 2 rings (SSSR count). The fourth-order valence-electron chi connectivity index (χ4n) is 2.07. The minimum absolute atomic E-state index is 0.283. The second-order valence-corrected chi connectivity index (χ2v) is 6.93. The van der Waals surface area contributed by atoms with E-state index in [2.05, 4.69) is 10.4 Å². The van der Waals surface area contributed by atoms with Crippen molar-refractivity contribution in [3.05, 3.63) is 41.0 Å². The van der Waals surface area contributed by atoms with Crippen molar-refractivity contribution in [1.29, 1.82) is 0 Å². The molecule has 128 valence electrons. The molecule has 0 aliphatic heterocycles. The van der Waals surface area contributed by atoms with E-state index in [1.165, 1.54) is 6.92 Å². The third-order valence-electron chi connectivity index (χ3n) is 3.49. The molecule has 0 aliphatic carbocycles. The number of nitrogens with one attached hydrogen (secondary N) is 1. The number of carbonyl (C=O) groups excluding carboxylic acids is 1. The van der Waals surface area contributed by atoms with Crippen molar-refractivity contribution in [2.75, 3.05) is 0 Å². The lowest BCUT2D eigenvalue weighted by Gasteiger charge is -2.18.